The molecule has 5 rings (SSSR count). The van der Waals surface area contributed by atoms with Gasteiger partial charge in [-0.05, 0) is 55.9 Å². The van der Waals surface area contributed by atoms with Crippen molar-refractivity contribution in [3.63, 3.8) is 0 Å². The predicted molar refractivity (Wildman–Crippen MR) is 120 cm³/mol. The molecule has 2 aliphatic heterocycles. The zero-order valence-electron chi connectivity index (χ0n) is 17.4. The number of carbonyl (C=O) groups excluding carboxylic acids is 2. The van der Waals surface area contributed by atoms with Crippen molar-refractivity contribution < 1.29 is 9.59 Å². The Bertz CT molecular complexity index is 912. The number of anilines is 1. The molecule has 1 aromatic carbocycles. The molecule has 0 radical (unpaired) electrons. The average Bonchev–Trinajstić information content (AvgIpc) is 3.48. The molecule has 0 spiro atoms. The molecule has 0 N–H and O–H groups in total. The summed E-state index contributed by atoms with van der Waals surface area (Å²) in [6.45, 7) is 5.13. The van der Waals surface area contributed by atoms with Crippen LogP contribution >= 0.6 is 11.3 Å². The highest BCUT2D eigenvalue weighted by Gasteiger charge is 2.32. The number of thiophene rings is 1. The van der Waals surface area contributed by atoms with Gasteiger partial charge in [0.25, 0.3) is 5.91 Å². The van der Waals surface area contributed by atoms with E-state index in [-0.39, 0.29) is 11.8 Å². The van der Waals surface area contributed by atoms with Gasteiger partial charge in [0.2, 0.25) is 5.91 Å². The third-order valence-corrected chi connectivity index (χ3v) is 7.97. The van der Waals surface area contributed by atoms with Gasteiger partial charge in [-0.15, -0.1) is 11.3 Å². The molecule has 3 aliphatic rings. The first kappa shape index (κ1) is 19.6. The van der Waals surface area contributed by atoms with E-state index in [2.05, 4.69) is 40.1 Å². The highest BCUT2D eigenvalue weighted by Crippen LogP contribution is 2.34. The molecule has 30 heavy (non-hydrogen) atoms. The molecule has 2 fully saturated rings. The smallest absolute Gasteiger partial charge is 0.263 e. The van der Waals surface area contributed by atoms with Crippen LogP contribution in [0.25, 0.3) is 0 Å². The molecule has 158 valence electrons. The van der Waals surface area contributed by atoms with Crippen molar-refractivity contribution in [1.82, 2.24) is 9.80 Å². The Hall–Kier alpha value is -2.34. The maximum atomic E-state index is 13.2. The lowest BCUT2D eigenvalue weighted by molar-refractivity contribution is -0.136. The molecular weight excluding hydrogens is 394 g/mol. The van der Waals surface area contributed by atoms with Crippen LogP contribution < -0.4 is 4.90 Å². The summed E-state index contributed by atoms with van der Waals surface area (Å²) in [5, 5.41) is 0. The first-order valence-corrected chi connectivity index (χ1v) is 12.0. The maximum absolute atomic E-state index is 13.2. The number of hydrogen-bond acceptors (Lipinski definition) is 4. The molecule has 2 saturated heterocycles. The van der Waals surface area contributed by atoms with Gasteiger partial charge in [-0.25, -0.2) is 0 Å². The fourth-order valence-electron chi connectivity index (χ4n) is 5.00. The minimum absolute atomic E-state index is 0.0603. The Labute approximate surface area is 182 Å². The molecule has 1 atom stereocenters. The molecule has 0 unspecified atom stereocenters. The zero-order chi connectivity index (χ0) is 20.5. The Morgan fingerprint density at radius 1 is 0.900 bits per heavy atom. The van der Waals surface area contributed by atoms with Crippen molar-refractivity contribution in [2.45, 2.75) is 32.1 Å². The lowest BCUT2D eigenvalue weighted by atomic mass is 9.87. The number of benzene rings is 1. The number of piperazine rings is 1. The van der Waals surface area contributed by atoms with Crippen LogP contribution in [-0.4, -0.2) is 60.9 Å². The van der Waals surface area contributed by atoms with Crippen molar-refractivity contribution in [2.75, 3.05) is 44.2 Å². The lowest BCUT2D eigenvalue weighted by Gasteiger charge is -2.38. The summed E-state index contributed by atoms with van der Waals surface area (Å²) >= 11 is 1.65. The second-order valence-corrected chi connectivity index (χ2v) is 9.78. The number of fused-ring (bicyclic) bond motifs is 1. The third-order valence-electron chi connectivity index (χ3n) is 6.75. The average molecular weight is 424 g/mol. The van der Waals surface area contributed by atoms with Gasteiger partial charge in [-0.2, -0.15) is 0 Å². The van der Waals surface area contributed by atoms with Crippen molar-refractivity contribution >= 4 is 28.8 Å². The van der Waals surface area contributed by atoms with E-state index in [9.17, 15) is 9.59 Å². The standard InChI is InChI=1S/C24H29N3O2S/c28-23(27-14-12-25(13-15-27)20-6-2-1-3-7-20)18-8-9-21-19(16-18)17-22(30-21)24(29)26-10-4-5-11-26/h1-3,6-7,17-18H,4-5,8-16H2/t18-/m0/s1. The number of likely N-dealkylation sites (tertiary alicyclic amines) is 1. The van der Waals surface area contributed by atoms with Gasteiger partial charge in [-0.3, -0.25) is 9.59 Å². The number of rotatable bonds is 3. The topological polar surface area (TPSA) is 43.9 Å². The highest BCUT2D eigenvalue weighted by molar-refractivity contribution is 7.14. The summed E-state index contributed by atoms with van der Waals surface area (Å²) in [6, 6.07) is 12.5. The van der Waals surface area contributed by atoms with Crippen LogP contribution in [0.3, 0.4) is 0 Å². The van der Waals surface area contributed by atoms with E-state index in [0.29, 0.717) is 5.91 Å². The number of para-hydroxylation sites is 1. The van der Waals surface area contributed by atoms with E-state index in [0.717, 1.165) is 76.2 Å². The number of carbonyl (C=O) groups is 2. The van der Waals surface area contributed by atoms with Gasteiger partial charge in [0.05, 0.1) is 4.88 Å². The lowest BCUT2D eigenvalue weighted by Crippen LogP contribution is -2.51. The molecule has 5 nitrogen and oxygen atoms in total. The zero-order valence-corrected chi connectivity index (χ0v) is 18.2. The largest absolute Gasteiger partial charge is 0.368 e. The van der Waals surface area contributed by atoms with Gasteiger partial charge >= 0.3 is 0 Å². The fourth-order valence-corrected chi connectivity index (χ4v) is 6.17. The van der Waals surface area contributed by atoms with E-state index in [1.54, 1.807) is 11.3 Å². The number of hydrogen-bond donors (Lipinski definition) is 0. The normalized spacial score (nSPS) is 21.6. The summed E-state index contributed by atoms with van der Waals surface area (Å²) in [6.07, 6.45) is 4.85. The van der Waals surface area contributed by atoms with Crippen molar-refractivity contribution in [2.24, 2.45) is 5.92 Å². The minimum atomic E-state index is 0.0603. The molecule has 0 saturated carbocycles. The summed E-state index contributed by atoms with van der Waals surface area (Å²) in [5.41, 5.74) is 2.47. The van der Waals surface area contributed by atoms with Crippen LogP contribution in [0.5, 0.6) is 0 Å². The van der Waals surface area contributed by atoms with Crippen molar-refractivity contribution in [3.8, 4) is 0 Å². The molecule has 0 bridgehead atoms. The Morgan fingerprint density at radius 2 is 1.63 bits per heavy atom. The van der Waals surface area contributed by atoms with Crippen LogP contribution in [-0.2, 0) is 17.6 Å². The quantitative estimate of drug-likeness (QED) is 0.760. The Kier molecular flexibility index (Phi) is 5.50. The predicted octanol–water partition coefficient (Wildman–Crippen LogP) is 3.44. The van der Waals surface area contributed by atoms with Gasteiger partial charge in [0, 0.05) is 55.8 Å². The van der Waals surface area contributed by atoms with Crippen LogP contribution in [0.15, 0.2) is 36.4 Å². The highest BCUT2D eigenvalue weighted by atomic mass is 32.1. The maximum Gasteiger partial charge on any atom is 0.263 e. The van der Waals surface area contributed by atoms with Gasteiger partial charge < -0.3 is 14.7 Å². The van der Waals surface area contributed by atoms with E-state index in [1.165, 1.54) is 16.1 Å². The van der Waals surface area contributed by atoms with E-state index in [1.807, 2.05) is 11.0 Å². The van der Waals surface area contributed by atoms with E-state index in [4.69, 9.17) is 0 Å². The summed E-state index contributed by atoms with van der Waals surface area (Å²) in [5.74, 6) is 0.545. The molecule has 1 aromatic heterocycles. The first-order chi connectivity index (χ1) is 14.7. The Balaban J connectivity index is 1.20. The second kappa shape index (κ2) is 8.42. The first-order valence-electron chi connectivity index (χ1n) is 11.2. The number of nitrogens with zero attached hydrogens (tertiary/aromatic N) is 3. The van der Waals surface area contributed by atoms with Gasteiger partial charge in [-0.1, -0.05) is 18.2 Å². The van der Waals surface area contributed by atoms with Gasteiger partial charge in [0.1, 0.15) is 0 Å². The van der Waals surface area contributed by atoms with E-state index >= 15 is 0 Å². The SMILES string of the molecule is O=C(c1cc2c(s1)CC[C@H](C(=O)N1CCN(c3ccccc3)CC1)C2)N1CCCC1. The van der Waals surface area contributed by atoms with Gasteiger partial charge in [0.15, 0.2) is 0 Å². The minimum Gasteiger partial charge on any atom is -0.368 e. The monoisotopic (exact) mass is 423 g/mol. The van der Waals surface area contributed by atoms with E-state index < -0.39 is 0 Å². The van der Waals surface area contributed by atoms with Crippen LogP contribution in [0.1, 0.15) is 39.4 Å². The molecular formula is C24H29N3O2S. The Morgan fingerprint density at radius 3 is 2.37 bits per heavy atom. The summed E-state index contributed by atoms with van der Waals surface area (Å²) < 4.78 is 0. The van der Waals surface area contributed by atoms with Crippen molar-refractivity contribution in [3.05, 3.63) is 51.7 Å². The molecule has 1 aliphatic carbocycles. The summed E-state index contributed by atoms with van der Waals surface area (Å²) in [7, 11) is 0. The van der Waals surface area contributed by atoms with Crippen LogP contribution in [0.4, 0.5) is 5.69 Å². The second-order valence-electron chi connectivity index (χ2n) is 8.65. The molecule has 2 aromatic rings. The third kappa shape index (κ3) is 3.85. The number of aryl methyl sites for hydroxylation is 1. The molecule has 2 amide bonds. The molecule has 3 heterocycles. The molecule has 6 heteroatoms. The fraction of sp³-hybridized carbons (Fsp3) is 0.500. The van der Waals surface area contributed by atoms with Crippen molar-refractivity contribution in [1.29, 1.82) is 0 Å². The number of amides is 2. The summed E-state index contributed by atoms with van der Waals surface area (Å²) in [4.78, 5) is 34.5. The van der Waals surface area contributed by atoms with Crippen LogP contribution in [0.2, 0.25) is 0 Å². The van der Waals surface area contributed by atoms with Crippen LogP contribution in [0, 0.1) is 5.92 Å².